The minimum absolute atomic E-state index is 0.0181. The average molecular weight is 566 g/mol. The van der Waals surface area contributed by atoms with Crippen LogP contribution in [0.4, 0.5) is 5.82 Å². The normalized spacial score (nSPS) is 17.7. The fraction of sp³-hybridized carbons (Fsp3) is 0.344. The highest BCUT2D eigenvalue weighted by molar-refractivity contribution is 5.96. The second-order valence-corrected chi connectivity index (χ2v) is 10.9. The molecule has 10 heteroatoms. The fourth-order valence-corrected chi connectivity index (χ4v) is 5.75. The third kappa shape index (κ3) is 6.40. The third-order valence-corrected chi connectivity index (χ3v) is 7.90. The highest BCUT2D eigenvalue weighted by Crippen LogP contribution is 2.29. The summed E-state index contributed by atoms with van der Waals surface area (Å²) >= 11 is 0. The van der Waals surface area contributed by atoms with Crippen molar-refractivity contribution in [2.45, 2.75) is 31.8 Å². The number of H-pyrrole nitrogens is 1. The number of aromatic nitrogens is 4. The van der Waals surface area contributed by atoms with E-state index in [0.717, 1.165) is 78.3 Å². The first kappa shape index (κ1) is 27.7. The number of fused-ring (bicyclic) bond motifs is 1. The van der Waals surface area contributed by atoms with E-state index in [1.807, 2.05) is 36.4 Å². The summed E-state index contributed by atoms with van der Waals surface area (Å²) in [5, 5.41) is 3.99. The van der Waals surface area contributed by atoms with Gasteiger partial charge in [-0.1, -0.05) is 30.8 Å². The molecule has 2 aliphatic rings. The summed E-state index contributed by atoms with van der Waals surface area (Å²) < 4.78 is 5.49. The lowest BCUT2D eigenvalue weighted by Crippen LogP contribution is -2.46. The van der Waals surface area contributed by atoms with Gasteiger partial charge in [-0.3, -0.25) is 19.5 Å². The maximum absolute atomic E-state index is 13.2. The second-order valence-electron chi connectivity index (χ2n) is 10.9. The topological polar surface area (TPSA) is 116 Å². The van der Waals surface area contributed by atoms with Crippen LogP contribution < -0.4 is 10.2 Å². The molecule has 1 aromatic carbocycles. The largest absolute Gasteiger partial charge is 0.378 e. The number of Topliss-reactive ketones (excluding diaryl/α,β-unsaturated/α-hetero) is 1. The van der Waals surface area contributed by atoms with Crippen molar-refractivity contribution in [3.05, 3.63) is 84.5 Å². The number of carbonyl (C=O) groups is 2. The minimum Gasteiger partial charge on any atom is -0.378 e. The van der Waals surface area contributed by atoms with Gasteiger partial charge in [0.05, 0.1) is 18.6 Å². The van der Waals surface area contributed by atoms with Crippen LogP contribution in [-0.2, 0) is 22.5 Å². The first-order valence-corrected chi connectivity index (χ1v) is 14.4. The van der Waals surface area contributed by atoms with Crippen LogP contribution in [0.3, 0.4) is 0 Å². The van der Waals surface area contributed by atoms with Crippen LogP contribution in [0.2, 0.25) is 0 Å². The van der Waals surface area contributed by atoms with Crippen LogP contribution in [0, 0.1) is 0 Å². The van der Waals surface area contributed by atoms with Crippen molar-refractivity contribution in [1.82, 2.24) is 30.2 Å². The second kappa shape index (κ2) is 12.6. The van der Waals surface area contributed by atoms with E-state index < -0.39 is 0 Å². The van der Waals surface area contributed by atoms with Crippen LogP contribution in [0.1, 0.15) is 34.5 Å². The summed E-state index contributed by atoms with van der Waals surface area (Å²) in [5.41, 5.74) is 5.20. The molecule has 2 N–H and O–H groups in total. The van der Waals surface area contributed by atoms with Crippen LogP contribution >= 0.6 is 0 Å². The predicted octanol–water partition coefficient (Wildman–Crippen LogP) is 3.55. The summed E-state index contributed by atoms with van der Waals surface area (Å²) in [4.78, 5) is 46.2. The van der Waals surface area contributed by atoms with E-state index in [0.29, 0.717) is 25.5 Å². The number of morpholine rings is 1. The Balaban J connectivity index is 1.10. The van der Waals surface area contributed by atoms with E-state index in [1.54, 1.807) is 12.5 Å². The van der Waals surface area contributed by atoms with Crippen molar-refractivity contribution < 1.29 is 14.3 Å². The van der Waals surface area contributed by atoms with E-state index in [9.17, 15) is 9.59 Å². The molecule has 216 valence electrons. The molecule has 2 aliphatic heterocycles. The zero-order valence-electron chi connectivity index (χ0n) is 23.6. The number of ether oxygens (including phenoxy) is 1. The van der Waals surface area contributed by atoms with Crippen molar-refractivity contribution in [3.63, 3.8) is 0 Å². The van der Waals surface area contributed by atoms with Crippen molar-refractivity contribution in [2.24, 2.45) is 0 Å². The Morgan fingerprint density at radius 3 is 2.69 bits per heavy atom. The molecule has 2 saturated heterocycles. The number of pyridine rings is 1. The highest BCUT2D eigenvalue weighted by atomic mass is 16.5. The molecule has 0 bridgehead atoms. The number of piperidine rings is 1. The quantitative estimate of drug-likeness (QED) is 0.234. The molecule has 5 heterocycles. The predicted molar refractivity (Wildman–Crippen MR) is 161 cm³/mol. The number of rotatable bonds is 9. The van der Waals surface area contributed by atoms with Gasteiger partial charge in [-0.2, -0.15) is 0 Å². The number of hydrogen-bond acceptors (Lipinski definition) is 8. The SMILES string of the molecule is C=CC(=O)N[C@@H]1CCCN(Cc2ccnc(C(=O)Cc3ccc(-c4cc5c(N6CCOCC6)ncnc5[nH]4)cc3)c2)C1. The summed E-state index contributed by atoms with van der Waals surface area (Å²) in [6.45, 7) is 8.97. The number of carbonyl (C=O) groups excluding carboxylic acids is 2. The first-order chi connectivity index (χ1) is 20.6. The van der Waals surface area contributed by atoms with E-state index in [2.05, 4.69) is 47.7 Å². The standard InChI is InChI=1S/C32H35N7O3/c1-2-30(41)36-25-4-3-11-38(20-25)19-23-9-10-33-28(16-23)29(40)17-22-5-7-24(8-6-22)27-18-26-31(37-27)34-21-35-32(26)39-12-14-42-15-13-39/h2,5-10,16,18,21,25H,1,3-4,11-15,17,19-20H2,(H,36,41)(H,34,35,37)/t25-/m1/s1. The van der Waals surface area contributed by atoms with Gasteiger partial charge < -0.3 is 19.9 Å². The molecular formula is C32H35N7O3. The minimum atomic E-state index is -0.139. The van der Waals surface area contributed by atoms with Crippen molar-refractivity contribution in [1.29, 1.82) is 0 Å². The molecule has 0 aliphatic carbocycles. The van der Waals surface area contributed by atoms with Crippen LogP contribution in [0.25, 0.3) is 22.3 Å². The average Bonchev–Trinajstić information content (AvgIpc) is 3.47. The van der Waals surface area contributed by atoms with Crippen LogP contribution in [-0.4, -0.2) is 82.0 Å². The highest BCUT2D eigenvalue weighted by Gasteiger charge is 2.21. The Morgan fingerprint density at radius 2 is 1.88 bits per heavy atom. The summed E-state index contributed by atoms with van der Waals surface area (Å²) in [6.07, 6.45) is 6.85. The lowest BCUT2D eigenvalue weighted by molar-refractivity contribution is -0.117. The molecule has 42 heavy (non-hydrogen) atoms. The molecule has 2 fully saturated rings. The van der Waals surface area contributed by atoms with Gasteiger partial charge >= 0.3 is 0 Å². The summed E-state index contributed by atoms with van der Waals surface area (Å²) in [5.74, 6) is 0.762. The zero-order valence-corrected chi connectivity index (χ0v) is 23.6. The number of aromatic amines is 1. The summed E-state index contributed by atoms with van der Waals surface area (Å²) in [6, 6.07) is 14.1. The monoisotopic (exact) mass is 565 g/mol. The summed E-state index contributed by atoms with van der Waals surface area (Å²) in [7, 11) is 0. The number of amides is 1. The van der Waals surface area contributed by atoms with Gasteiger partial charge in [0.1, 0.15) is 23.5 Å². The van der Waals surface area contributed by atoms with E-state index in [-0.39, 0.29) is 24.2 Å². The number of ketones is 1. The molecule has 0 spiro atoms. The number of hydrogen-bond donors (Lipinski definition) is 2. The molecule has 4 aromatic rings. The molecule has 1 amide bonds. The molecule has 6 rings (SSSR count). The van der Waals surface area contributed by atoms with Gasteiger partial charge in [-0.15, -0.1) is 0 Å². The lowest BCUT2D eigenvalue weighted by atomic mass is 10.0. The Morgan fingerprint density at radius 1 is 1.05 bits per heavy atom. The molecular weight excluding hydrogens is 530 g/mol. The van der Waals surface area contributed by atoms with Gasteiger partial charge in [0.15, 0.2) is 5.78 Å². The zero-order chi connectivity index (χ0) is 28.9. The molecule has 0 saturated carbocycles. The first-order valence-electron chi connectivity index (χ1n) is 14.4. The van der Waals surface area contributed by atoms with Gasteiger partial charge in [0.2, 0.25) is 5.91 Å². The van der Waals surface area contributed by atoms with E-state index in [1.165, 1.54) is 6.08 Å². The van der Waals surface area contributed by atoms with Crippen LogP contribution in [0.5, 0.6) is 0 Å². The molecule has 1 atom stereocenters. The Hall–Kier alpha value is -4.41. The van der Waals surface area contributed by atoms with E-state index in [4.69, 9.17) is 4.74 Å². The van der Waals surface area contributed by atoms with Gasteiger partial charge in [0, 0.05) is 50.5 Å². The number of benzene rings is 1. The van der Waals surface area contributed by atoms with Gasteiger partial charge in [-0.25, -0.2) is 9.97 Å². The Labute approximate surface area is 244 Å². The maximum Gasteiger partial charge on any atom is 0.243 e. The van der Waals surface area contributed by atoms with Crippen molar-refractivity contribution in [3.8, 4) is 11.3 Å². The smallest absolute Gasteiger partial charge is 0.243 e. The number of nitrogens with one attached hydrogen (secondary N) is 2. The number of likely N-dealkylation sites (tertiary alicyclic amines) is 1. The molecule has 0 radical (unpaired) electrons. The number of nitrogens with zero attached hydrogens (tertiary/aromatic N) is 5. The van der Waals surface area contributed by atoms with Gasteiger partial charge in [0.25, 0.3) is 0 Å². The van der Waals surface area contributed by atoms with Gasteiger partial charge in [-0.05, 0) is 60.4 Å². The van der Waals surface area contributed by atoms with Crippen molar-refractivity contribution in [2.75, 3.05) is 44.3 Å². The maximum atomic E-state index is 13.2. The van der Waals surface area contributed by atoms with Crippen LogP contribution in [0.15, 0.2) is 67.6 Å². The van der Waals surface area contributed by atoms with Crippen molar-refractivity contribution >= 4 is 28.5 Å². The third-order valence-electron chi connectivity index (χ3n) is 7.90. The van der Waals surface area contributed by atoms with E-state index >= 15 is 0 Å². The Kier molecular flexibility index (Phi) is 8.34. The molecule has 3 aromatic heterocycles. The fourth-order valence-electron chi connectivity index (χ4n) is 5.75. The number of anilines is 1. The Bertz CT molecular complexity index is 1580. The molecule has 0 unspecified atom stereocenters. The molecule has 10 nitrogen and oxygen atoms in total. The lowest BCUT2D eigenvalue weighted by Gasteiger charge is -2.33.